The Labute approximate surface area is 185 Å². The first-order chi connectivity index (χ1) is 14.1. The fourth-order valence-corrected chi connectivity index (χ4v) is 2.24. The summed E-state index contributed by atoms with van der Waals surface area (Å²) in [5, 5.41) is 8.80. The van der Waals surface area contributed by atoms with Gasteiger partial charge in [0.1, 0.15) is 11.2 Å². The second-order valence-electron chi connectivity index (χ2n) is 8.87. The van der Waals surface area contributed by atoms with Crippen molar-refractivity contribution >= 4 is 23.8 Å². The molecule has 0 fully saturated rings. The van der Waals surface area contributed by atoms with E-state index in [0.29, 0.717) is 6.42 Å². The molecule has 0 spiro atoms. The zero-order valence-electron chi connectivity index (χ0n) is 19.5. The van der Waals surface area contributed by atoms with Crippen LogP contribution in [0.25, 0.3) is 0 Å². The number of carboxylic acid groups (broad SMARTS) is 1. The Bertz CT molecular complexity index is 631. The summed E-state index contributed by atoms with van der Waals surface area (Å²) in [6.07, 6.45) is 3.62. The van der Waals surface area contributed by atoms with E-state index in [0.717, 1.165) is 0 Å². The fourth-order valence-electron chi connectivity index (χ4n) is 2.24. The fraction of sp³-hybridized carbons (Fsp3) is 0.636. The second-order valence-corrected chi connectivity index (χ2v) is 8.87. The maximum atomic E-state index is 11.5. The number of aliphatic carboxylic acids is 1. The highest BCUT2D eigenvalue weighted by Crippen LogP contribution is 2.16. The van der Waals surface area contributed by atoms with E-state index < -0.39 is 40.9 Å². The number of ether oxygens (including phenoxy) is 2. The van der Waals surface area contributed by atoms with Gasteiger partial charge in [-0.2, -0.15) is 0 Å². The number of nitrogens with two attached hydrogens (primary N) is 1. The van der Waals surface area contributed by atoms with Crippen molar-refractivity contribution in [3.8, 4) is 0 Å². The molecule has 0 radical (unpaired) electrons. The molecule has 0 aromatic carbocycles. The number of allylic oxidation sites excluding steroid dienone is 2. The maximum Gasteiger partial charge on any atom is 0.307 e. The molecular formula is C22H38N2O7. The van der Waals surface area contributed by atoms with Crippen molar-refractivity contribution in [2.45, 2.75) is 78.4 Å². The van der Waals surface area contributed by atoms with E-state index in [9.17, 15) is 19.2 Å². The Morgan fingerprint density at radius 1 is 0.871 bits per heavy atom. The highest BCUT2D eigenvalue weighted by atomic mass is 16.6. The quantitative estimate of drug-likeness (QED) is 0.154. The predicted molar refractivity (Wildman–Crippen MR) is 117 cm³/mol. The average Bonchev–Trinajstić information content (AvgIpc) is 2.57. The van der Waals surface area contributed by atoms with Gasteiger partial charge in [-0.15, -0.1) is 13.2 Å². The van der Waals surface area contributed by atoms with Gasteiger partial charge in [-0.1, -0.05) is 12.2 Å². The van der Waals surface area contributed by atoms with Gasteiger partial charge >= 0.3 is 17.9 Å². The summed E-state index contributed by atoms with van der Waals surface area (Å²) in [6.45, 7) is 17.5. The van der Waals surface area contributed by atoms with Crippen LogP contribution in [0.4, 0.5) is 0 Å². The van der Waals surface area contributed by atoms with E-state index >= 15 is 0 Å². The van der Waals surface area contributed by atoms with Crippen molar-refractivity contribution in [1.29, 1.82) is 0 Å². The predicted octanol–water partition coefficient (Wildman–Crippen LogP) is 2.90. The van der Waals surface area contributed by atoms with Gasteiger partial charge in [0.25, 0.3) is 0 Å². The second kappa shape index (κ2) is 14.3. The van der Waals surface area contributed by atoms with Gasteiger partial charge in [-0.3, -0.25) is 24.6 Å². The average molecular weight is 443 g/mol. The van der Waals surface area contributed by atoms with Crippen molar-refractivity contribution < 1.29 is 33.8 Å². The SMILES string of the molecule is C=CCC(CC(=O)OC(C)(C)C)C(=O)NN.C=CCC(CC(=O)OC(C)(C)C)C(=O)O. The zero-order chi connectivity index (χ0) is 24.8. The number of amides is 1. The Balaban J connectivity index is 0. The molecule has 2 unspecified atom stereocenters. The van der Waals surface area contributed by atoms with E-state index in [2.05, 4.69) is 13.2 Å². The third-order valence-electron chi connectivity index (χ3n) is 3.43. The highest BCUT2D eigenvalue weighted by molar-refractivity contribution is 5.83. The first-order valence-corrected chi connectivity index (χ1v) is 9.95. The number of carboxylic acids is 1. The van der Waals surface area contributed by atoms with E-state index in [1.807, 2.05) is 5.43 Å². The Hall–Kier alpha value is -2.68. The van der Waals surface area contributed by atoms with Gasteiger partial charge in [-0.05, 0) is 54.4 Å². The Morgan fingerprint density at radius 3 is 1.52 bits per heavy atom. The van der Waals surface area contributed by atoms with Crippen molar-refractivity contribution in [2.75, 3.05) is 0 Å². The van der Waals surface area contributed by atoms with Crippen LogP contribution in [0.1, 0.15) is 67.2 Å². The first kappa shape index (κ1) is 30.5. The molecule has 0 heterocycles. The van der Waals surface area contributed by atoms with Gasteiger partial charge in [0.05, 0.1) is 24.7 Å². The Morgan fingerprint density at radius 2 is 1.23 bits per heavy atom. The lowest BCUT2D eigenvalue weighted by molar-refractivity contribution is -0.159. The first-order valence-electron chi connectivity index (χ1n) is 9.95. The molecule has 0 aliphatic heterocycles. The lowest BCUT2D eigenvalue weighted by Crippen LogP contribution is -2.37. The molecule has 4 N–H and O–H groups in total. The molecule has 0 aliphatic rings. The van der Waals surface area contributed by atoms with Crippen LogP contribution < -0.4 is 11.3 Å². The van der Waals surface area contributed by atoms with Crippen LogP contribution in [0.3, 0.4) is 0 Å². The summed E-state index contributed by atoms with van der Waals surface area (Å²) in [6, 6.07) is 0. The molecule has 0 aliphatic carbocycles. The number of hydrazine groups is 1. The number of rotatable bonds is 10. The molecule has 0 rings (SSSR count). The number of carbonyl (C=O) groups excluding carboxylic acids is 3. The molecule has 1 amide bonds. The molecule has 0 bridgehead atoms. The van der Waals surface area contributed by atoms with Gasteiger partial charge in [0.2, 0.25) is 5.91 Å². The summed E-state index contributed by atoms with van der Waals surface area (Å²) in [5.41, 5.74) is 0.902. The summed E-state index contributed by atoms with van der Waals surface area (Å²) in [4.78, 5) is 44.9. The molecule has 9 heteroatoms. The van der Waals surface area contributed by atoms with Gasteiger partial charge in [0, 0.05) is 0 Å². The van der Waals surface area contributed by atoms with E-state index in [4.69, 9.17) is 20.4 Å². The monoisotopic (exact) mass is 442 g/mol. The van der Waals surface area contributed by atoms with Crippen molar-refractivity contribution in [1.82, 2.24) is 5.43 Å². The standard InChI is InChI=1S/C11H20N2O3.C11H18O4/c1-5-6-8(10(15)13-12)7-9(14)16-11(2,3)4;1-5-6-8(10(13)14)7-9(12)15-11(2,3)4/h5,8H,1,6-7,12H2,2-4H3,(H,13,15);5,8H,1,6-7H2,2-4H3,(H,13,14). The van der Waals surface area contributed by atoms with E-state index in [1.165, 1.54) is 6.08 Å². The number of hydrogen-bond acceptors (Lipinski definition) is 7. The van der Waals surface area contributed by atoms with Crippen LogP contribution in [-0.2, 0) is 28.7 Å². The largest absolute Gasteiger partial charge is 0.481 e. The van der Waals surface area contributed by atoms with Crippen molar-refractivity contribution in [3.63, 3.8) is 0 Å². The molecule has 2 atom stereocenters. The summed E-state index contributed by atoms with van der Waals surface area (Å²) in [7, 11) is 0. The number of esters is 2. The molecule has 0 saturated heterocycles. The summed E-state index contributed by atoms with van der Waals surface area (Å²) < 4.78 is 10.1. The summed E-state index contributed by atoms with van der Waals surface area (Å²) >= 11 is 0. The van der Waals surface area contributed by atoms with Crippen molar-refractivity contribution in [3.05, 3.63) is 25.3 Å². The van der Waals surface area contributed by atoms with Crippen LogP contribution in [0.15, 0.2) is 25.3 Å². The minimum Gasteiger partial charge on any atom is -0.481 e. The molecule has 0 aromatic rings. The molecule has 178 valence electrons. The Kier molecular flexibility index (Phi) is 14.1. The van der Waals surface area contributed by atoms with Gasteiger partial charge in [-0.25, -0.2) is 5.84 Å². The number of hydrogen-bond donors (Lipinski definition) is 3. The van der Waals surface area contributed by atoms with Crippen LogP contribution in [0.5, 0.6) is 0 Å². The number of carbonyl (C=O) groups is 4. The minimum atomic E-state index is -0.999. The molecule has 0 saturated carbocycles. The van der Waals surface area contributed by atoms with Crippen LogP contribution in [0.2, 0.25) is 0 Å². The molecule has 0 aromatic heterocycles. The van der Waals surface area contributed by atoms with Crippen LogP contribution in [0, 0.1) is 11.8 Å². The summed E-state index contributed by atoms with van der Waals surface area (Å²) in [5.74, 6) is 1.48. The van der Waals surface area contributed by atoms with Crippen molar-refractivity contribution in [2.24, 2.45) is 17.7 Å². The van der Waals surface area contributed by atoms with Crippen LogP contribution in [-0.4, -0.2) is 40.1 Å². The highest BCUT2D eigenvalue weighted by Gasteiger charge is 2.25. The molecule has 31 heavy (non-hydrogen) atoms. The molecular weight excluding hydrogens is 404 g/mol. The van der Waals surface area contributed by atoms with E-state index in [1.54, 1.807) is 47.6 Å². The smallest absolute Gasteiger partial charge is 0.307 e. The van der Waals surface area contributed by atoms with Gasteiger partial charge < -0.3 is 14.6 Å². The van der Waals surface area contributed by atoms with E-state index in [-0.39, 0.29) is 25.2 Å². The third-order valence-corrected chi connectivity index (χ3v) is 3.43. The lowest BCUT2D eigenvalue weighted by Gasteiger charge is -2.21. The topological polar surface area (TPSA) is 145 Å². The third kappa shape index (κ3) is 17.9. The van der Waals surface area contributed by atoms with Gasteiger partial charge in [0.15, 0.2) is 0 Å². The maximum absolute atomic E-state index is 11.5. The normalized spacial score (nSPS) is 12.9. The minimum absolute atomic E-state index is 0.00627. The number of nitrogens with one attached hydrogen (secondary N) is 1. The van der Waals surface area contributed by atoms with Crippen LogP contribution >= 0.6 is 0 Å². The lowest BCUT2D eigenvalue weighted by atomic mass is 10.0. The molecule has 9 nitrogen and oxygen atoms in total. The zero-order valence-corrected chi connectivity index (χ0v) is 19.5.